The molecule has 2 rings (SSSR count). The molecule has 0 radical (unpaired) electrons. The summed E-state index contributed by atoms with van der Waals surface area (Å²) in [6, 6.07) is 5.13. The number of amides is 1. The number of aromatic nitrogens is 3. The van der Waals surface area contributed by atoms with E-state index < -0.39 is 21.2 Å². The SMILES string of the molecule is CCN(CC)C(=O)n1cnc(S(=O)(=O)N(C)c2c(C)cccc2C)n1. The molecule has 25 heavy (non-hydrogen) atoms. The van der Waals surface area contributed by atoms with Crippen LogP contribution in [0.2, 0.25) is 0 Å². The first-order valence-electron chi connectivity index (χ1n) is 8.00. The molecule has 2 aromatic rings. The van der Waals surface area contributed by atoms with Crippen LogP contribution in [0.25, 0.3) is 0 Å². The van der Waals surface area contributed by atoms with E-state index in [0.29, 0.717) is 18.8 Å². The Bertz CT molecular complexity index is 851. The molecule has 136 valence electrons. The van der Waals surface area contributed by atoms with Crippen LogP contribution in [0, 0.1) is 13.8 Å². The Morgan fingerprint density at radius 1 is 1.16 bits per heavy atom. The van der Waals surface area contributed by atoms with E-state index in [1.165, 1.54) is 11.9 Å². The molecular formula is C16H23N5O3S. The normalized spacial score (nSPS) is 11.4. The van der Waals surface area contributed by atoms with E-state index in [4.69, 9.17) is 0 Å². The zero-order chi connectivity index (χ0) is 18.8. The fraction of sp³-hybridized carbons (Fsp3) is 0.438. The summed E-state index contributed by atoms with van der Waals surface area (Å²) in [6.45, 7) is 8.35. The molecule has 0 saturated carbocycles. The van der Waals surface area contributed by atoms with Gasteiger partial charge in [0.05, 0.1) is 5.69 Å². The van der Waals surface area contributed by atoms with Gasteiger partial charge in [-0.05, 0) is 38.8 Å². The van der Waals surface area contributed by atoms with Crippen molar-refractivity contribution < 1.29 is 13.2 Å². The summed E-state index contributed by atoms with van der Waals surface area (Å²) in [4.78, 5) is 17.6. The molecule has 0 N–H and O–H groups in total. The molecule has 0 aliphatic heterocycles. The number of aryl methyl sites for hydroxylation is 2. The van der Waals surface area contributed by atoms with Crippen molar-refractivity contribution in [3.05, 3.63) is 35.7 Å². The van der Waals surface area contributed by atoms with Gasteiger partial charge < -0.3 is 4.90 Å². The average molecular weight is 365 g/mol. The van der Waals surface area contributed by atoms with Crippen LogP contribution in [0.1, 0.15) is 25.0 Å². The van der Waals surface area contributed by atoms with Crippen molar-refractivity contribution >= 4 is 21.7 Å². The Kier molecular flexibility index (Phi) is 5.46. The van der Waals surface area contributed by atoms with E-state index in [2.05, 4.69) is 10.1 Å². The topological polar surface area (TPSA) is 88.4 Å². The standard InChI is InChI=1S/C16H23N5O3S/c1-6-20(7-2)16(22)21-11-17-15(18-21)25(23,24)19(5)14-12(3)9-8-10-13(14)4/h8-11H,6-7H2,1-5H3. The Labute approximate surface area is 148 Å². The number of rotatable bonds is 5. The molecule has 8 nitrogen and oxygen atoms in total. The highest BCUT2D eigenvalue weighted by molar-refractivity contribution is 7.92. The van der Waals surface area contributed by atoms with Crippen molar-refractivity contribution in [2.75, 3.05) is 24.4 Å². The second-order valence-corrected chi connectivity index (χ2v) is 7.50. The average Bonchev–Trinajstić information content (AvgIpc) is 3.06. The van der Waals surface area contributed by atoms with Crippen molar-refractivity contribution in [1.82, 2.24) is 19.7 Å². The summed E-state index contributed by atoms with van der Waals surface area (Å²) in [7, 11) is -2.51. The number of hydrogen-bond donors (Lipinski definition) is 0. The molecular weight excluding hydrogens is 342 g/mol. The lowest BCUT2D eigenvalue weighted by molar-refractivity contribution is 0.201. The van der Waals surface area contributed by atoms with E-state index in [9.17, 15) is 13.2 Å². The zero-order valence-electron chi connectivity index (χ0n) is 15.1. The Balaban J connectivity index is 2.40. The third-order valence-electron chi connectivity index (χ3n) is 4.05. The number of sulfonamides is 1. The monoisotopic (exact) mass is 365 g/mol. The number of anilines is 1. The van der Waals surface area contributed by atoms with Gasteiger partial charge in [0.1, 0.15) is 6.33 Å². The van der Waals surface area contributed by atoms with Crippen LogP contribution in [-0.2, 0) is 10.0 Å². The first kappa shape index (κ1) is 18.9. The molecule has 1 amide bonds. The number of hydrogen-bond acceptors (Lipinski definition) is 5. The van der Waals surface area contributed by atoms with Crippen LogP contribution in [0.5, 0.6) is 0 Å². The van der Waals surface area contributed by atoms with Crippen LogP contribution in [0.4, 0.5) is 10.5 Å². The first-order chi connectivity index (χ1) is 11.7. The van der Waals surface area contributed by atoms with Crippen LogP contribution in [-0.4, -0.2) is 54.3 Å². The third kappa shape index (κ3) is 3.51. The van der Waals surface area contributed by atoms with Crippen LogP contribution < -0.4 is 4.31 Å². The van der Waals surface area contributed by atoms with Gasteiger partial charge in [-0.1, -0.05) is 18.2 Å². The van der Waals surface area contributed by atoms with E-state index in [-0.39, 0.29) is 0 Å². The van der Waals surface area contributed by atoms with Crippen LogP contribution in [0.3, 0.4) is 0 Å². The second-order valence-electron chi connectivity index (χ2n) is 5.64. The van der Waals surface area contributed by atoms with Gasteiger partial charge in [0.2, 0.25) is 0 Å². The lowest BCUT2D eigenvalue weighted by atomic mass is 10.1. The number of nitrogens with zero attached hydrogens (tertiary/aromatic N) is 5. The highest BCUT2D eigenvalue weighted by Crippen LogP contribution is 2.27. The molecule has 0 atom stereocenters. The minimum Gasteiger partial charge on any atom is -0.323 e. The minimum absolute atomic E-state index is 0.404. The van der Waals surface area contributed by atoms with E-state index in [1.807, 2.05) is 45.9 Å². The zero-order valence-corrected chi connectivity index (χ0v) is 15.9. The first-order valence-corrected chi connectivity index (χ1v) is 9.44. The third-order valence-corrected chi connectivity index (χ3v) is 5.60. The van der Waals surface area contributed by atoms with Gasteiger partial charge in [0.15, 0.2) is 0 Å². The van der Waals surface area contributed by atoms with Gasteiger partial charge in [-0.25, -0.2) is 9.78 Å². The van der Waals surface area contributed by atoms with Gasteiger partial charge in [0, 0.05) is 20.1 Å². The van der Waals surface area contributed by atoms with E-state index >= 15 is 0 Å². The van der Waals surface area contributed by atoms with Crippen molar-refractivity contribution in [3.8, 4) is 0 Å². The smallest absolute Gasteiger partial charge is 0.323 e. The van der Waals surface area contributed by atoms with Gasteiger partial charge >= 0.3 is 16.1 Å². The number of para-hydroxylation sites is 1. The fourth-order valence-electron chi connectivity index (χ4n) is 2.64. The van der Waals surface area contributed by atoms with Crippen LogP contribution >= 0.6 is 0 Å². The van der Waals surface area contributed by atoms with Gasteiger partial charge in [-0.3, -0.25) is 4.31 Å². The van der Waals surface area contributed by atoms with Crippen molar-refractivity contribution in [3.63, 3.8) is 0 Å². The molecule has 0 unspecified atom stereocenters. The summed E-state index contributed by atoms with van der Waals surface area (Å²) in [5.74, 6) is 0. The summed E-state index contributed by atoms with van der Waals surface area (Å²) < 4.78 is 27.8. The Hall–Kier alpha value is -2.42. The van der Waals surface area contributed by atoms with E-state index in [1.54, 1.807) is 0 Å². The Morgan fingerprint density at radius 2 is 1.72 bits per heavy atom. The highest BCUT2D eigenvalue weighted by Gasteiger charge is 2.29. The lowest BCUT2D eigenvalue weighted by Gasteiger charge is -2.21. The minimum atomic E-state index is -3.97. The maximum atomic E-state index is 12.8. The predicted molar refractivity (Wildman–Crippen MR) is 95.2 cm³/mol. The predicted octanol–water partition coefficient (Wildman–Crippen LogP) is 2.03. The van der Waals surface area contributed by atoms with Gasteiger partial charge in [0.25, 0.3) is 5.16 Å². The highest BCUT2D eigenvalue weighted by atomic mass is 32.2. The molecule has 0 saturated heterocycles. The number of benzene rings is 1. The van der Waals surface area contributed by atoms with E-state index in [0.717, 1.165) is 26.4 Å². The molecule has 0 aliphatic rings. The quantitative estimate of drug-likeness (QED) is 0.809. The molecule has 0 fully saturated rings. The lowest BCUT2D eigenvalue weighted by Crippen LogP contribution is -2.35. The Morgan fingerprint density at radius 3 is 2.24 bits per heavy atom. The largest absolute Gasteiger partial charge is 0.346 e. The maximum Gasteiger partial charge on any atom is 0.346 e. The van der Waals surface area contributed by atoms with Crippen molar-refractivity contribution in [2.24, 2.45) is 0 Å². The maximum absolute atomic E-state index is 12.8. The number of carbonyl (C=O) groups excluding carboxylic acids is 1. The van der Waals surface area contributed by atoms with Crippen molar-refractivity contribution in [1.29, 1.82) is 0 Å². The summed E-state index contributed by atoms with van der Waals surface area (Å²) in [5.41, 5.74) is 2.23. The molecule has 0 bridgehead atoms. The van der Waals surface area contributed by atoms with Crippen LogP contribution in [0.15, 0.2) is 29.7 Å². The van der Waals surface area contributed by atoms with Gasteiger partial charge in [-0.2, -0.15) is 13.1 Å². The molecule has 0 spiro atoms. The summed E-state index contributed by atoms with van der Waals surface area (Å²) >= 11 is 0. The van der Waals surface area contributed by atoms with Crippen molar-refractivity contribution in [2.45, 2.75) is 32.9 Å². The molecule has 1 heterocycles. The fourth-order valence-corrected chi connectivity index (χ4v) is 3.79. The molecule has 0 aliphatic carbocycles. The summed E-state index contributed by atoms with van der Waals surface area (Å²) in [6.07, 6.45) is 1.13. The molecule has 9 heteroatoms. The summed E-state index contributed by atoms with van der Waals surface area (Å²) in [5, 5.41) is 3.48. The molecule has 1 aromatic heterocycles. The van der Waals surface area contributed by atoms with Gasteiger partial charge in [-0.15, -0.1) is 5.10 Å². The number of carbonyl (C=O) groups is 1. The molecule has 1 aromatic carbocycles. The second kappa shape index (κ2) is 7.22.